The first-order valence-corrected chi connectivity index (χ1v) is 18.5. The Labute approximate surface area is 296 Å². The van der Waals surface area contributed by atoms with E-state index in [9.17, 15) is 40.2 Å². The molecule has 8 aliphatic rings. The molecule has 1 spiro atoms. The molecule has 0 aromatic carbocycles. The Morgan fingerprint density at radius 1 is 0.961 bits per heavy atom. The molecule has 0 amide bonds. The Morgan fingerprint density at radius 2 is 1.73 bits per heavy atom. The van der Waals surface area contributed by atoms with Gasteiger partial charge in [0.15, 0.2) is 18.4 Å². The topological polar surface area (TPSA) is 223 Å². The highest BCUT2D eigenvalue weighted by molar-refractivity contribution is 5.93. The van der Waals surface area contributed by atoms with E-state index in [1.54, 1.807) is 19.9 Å². The molecule has 4 aliphatic heterocycles. The van der Waals surface area contributed by atoms with E-state index in [2.05, 4.69) is 6.92 Å². The van der Waals surface area contributed by atoms with Crippen molar-refractivity contribution < 1.29 is 73.4 Å². The minimum absolute atomic E-state index is 0.0368. The first kappa shape index (κ1) is 36.4. The van der Waals surface area contributed by atoms with Gasteiger partial charge in [-0.3, -0.25) is 4.79 Å². The van der Waals surface area contributed by atoms with Crippen LogP contribution >= 0.6 is 0 Å². The van der Waals surface area contributed by atoms with Crippen molar-refractivity contribution >= 4 is 11.8 Å². The maximum absolute atomic E-state index is 14.3. The number of epoxide rings is 1. The Balaban J connectivity index is 0.946. The van der Waals surface area contributed by atoms with Gasteiger partial charge in [0, 0.05) is 31.4 Å². The van der Waals surface area contributed by atoms with Crippen LogP contribution in [0.5, 0.6) is 0 Å². The molecule has 0 radical (unpaired) electrons. The van der Waals surface area contributed by atoms with Crippen LogP contribution in [0.2, 0.25) is 0 Å². The standard InChI is InChI=1S/C36H52O15/c1-15-29(50-32-27(41)26(40)25(39)21(14-37)49-32)20(45-4)13-24(46-15)47-17-7-9-33(2)16(11-17)12-22-36(51-22)30(33)28(42)31(43)34(3)18(8-10-35(34,36)44)19-5-6-23(38)48-19/h5-6,15-22,24-30,32,37,39-42,44H,7-14H2,1-4H3. The van der Waals surface area contributed by atoms with Gasteiger partial charge in [0.25, 0.3) is 0 Å². The summed E-state index contributed by atoms with van der Waals surface area (Å²) < 4.78 is 42.2. The van der Waals surface area contributed by atoms with E-state index in [1.165, 1.54) is 13.2 Å². The summed E-state index contributed by atoms with van der Waals surface area (Å²) in [5, 5.41) is 65.0. The monoisotopic (exact) mass is 724 g/mol. The number of ether oxygens (including phenoxy) is 7. The van der Waals surface area contributed by atoms with Crippen molar-refractivity contribution in [1.29, 1.82) is 0 Å². The molecule has 8 rings (SSSR count). The summed E-state index contributed by atoms with van der Waals surface area (Å²) in [5.41, 5.74) is -4.45. The second-order valence-electron chi connectivity index (χ2n) is 16.7. The van der Waals surface area contributed by atoms with Crippen molar-refractivity contribution in [3.63, 3.8) is 0 Å². The Hall–Kier alpha value is -1.60. The first-order chi connectivity index (χ1) is 24.1. The van der Waals surface area contributed by atoms with Crippen LogP contribution in [0.4, 0.5) is 0 Å². The van der Waals surface area contributed by atoms with Gasteiger partial charge in [0.1, 0.15) is 53.9 Å². The lowest BCUT2D eigenvalue weighted by Gasteiger charge is -2.62. The normalized spacial score (nSPS) is 57.6. The number of aliphatic hydroxyl groups is 6. The molecule has 20 atom stereocenters. The van der Waals surface area contributed by atoms with E-state index in [4.69, 9.17) is 33.2 Å². The SMILES string of the molecule is COC1CC(OC2CCC3(C)C(C2)CC2OC24C3C(O)C(=O)C2(C)C(C3C=CC(=O)O3)CCC24O)OC(C)C1OC1OC(CO)C(O)C(O)C1O. The third kappa shape index (κ3) is 5.00. The summed E-state index contributed by atoms with van der Waals surface area (Å²) in [6.45, 7) is 5.03. The highest BCUT2D eigenvalue weighted by Gasteiger charge is 2.88. The molecule has 4 saturated carbocycles. The molecular weight excluding hydrogens is 672 g/mol. The number of esters is 1. The molecule has 15 nitrogen and oxygen atoms in total. The lowest BCUT2D eigenvalue weighted by atomic mass is 9.41. The van der Waals surface area contributed by atoms with Crippen LogP contribution in [0.25, 0.3) is 0 Å². The van der Waals surface area contributed by atoms with Gasteiger partial charge in [-0.05, 0) is 69.8 Å². The Morgan fingerprint density at radius 3 is 2.41 bits per heavy atom. The number of carbonyl (C=O) groups excluding carboxylic acids is 2. The smallest absolute Gasteiger partial charge is 0.331 e. The molecule has 3 saturated heterocycles. The molecule has 4 heterocycles. The average molecular weight is 725 g/mol. The highest BCUT2D eigenvalue weighted by atomic mass is 16.7. The van der Waals surface area contributed by atoms with Crippen molar-refractivity contribution in [2.45, 2.75) is 157 Å². The maximum atomic E-state index is 14.3. The molecule has 0 aromatic rings. The molecule has 286 valence electrons. The number of Topliss-reactive ketones (excluding diaryl/α,β-unsaturated/α-hetero) is 1. The van der Waals surface area contributed by atoms with Crippen molar-refractivity contribution in [3.05, 3.63) is 12.2 Å². The van der Waals surface area contributed by atoms with Gasteiger partial charge in [-0.1, -0.05) is 6.92 Å². The zero-order chi connectivity index (χ0) is 36.4. The fourth-order valence-corrected chi connectivity index (χ4v) is 11.8. The van der Waals surface area contributed by atoms with Crippen LogP contribution < -0.4 is 0 Å². The van der Waals surface area contributed by atoms with Crippen LogP contribution in [0.3, 0.4) is 0 Å². The highest BCUT2D eigenvalue weighted by Crippen LogP contribution is 2.76. The Kier molecular flexibility index (Phi) is 8.89. The Bertz CT molecular complexity index is 1420. The van der Waals surface area contributed by atoms with E-state index in [0.29, 0.717) is 44.9 Å². The van der Waals surface area contributed by atoms with Crippen LogP contribution in [0.1, 0.15) is 65.7 Å². The molecule has 51 heavy (non-hydrogen) atoms. The second-order valence-corrected chi connectivity index (χ2v) is 16.7. The zero-order valence-corrected chi connectivity index (χ0v) is 29.4. The minimum atomic E-state index is -1.58. The maximum Gasteiger partial charge on any atom is 0.331 e. The van der Waals surface area contributed by atoms with Crippen LogP contribution in [-0.4, -0.2) is 147 Å². The fourth-order valence-electron chi connectivity index (χ4n) is 11.8. The minimum Gasteiger partial charge on any atom is -0.455 e. The van der Waals surface area contributed by atoms with E-state index >= 15 is 0 Å². The number of cyclic esters (lactones) is 1. The number of aliphatic hydroxyl groups excluding tert-OH is 5. The number of hydrogen-bond donors (Lipinski definition) is 6. The van der Waals surface area contributed by atoms with E-state index in [-0.39, 0.29) is 18.1 Å². The number of hydrogen-bond acceptors (Lipinski definition) is 15. The average Bonchev–Trinajstić information content (AvgIpc) is 3.55. The van der Waals surface area contributed by atoms with E-state index < -0.39 is 120 Å². The van der Waals surface area contributed by atoms with Gasteiger partial charge < -0.3 is 63.8 Å². The lowest BCUT2D eigenvalue weighted by molar-refractivity contribution is -0.345. The number of methoxy groups -OCH3 is 1. The predicted octanol–water partition coefficient (Wildman–Crippen LogP) is -0.757. The van der Waals surface area contributed by atoms with Gasteiger partial charge in [-0.25, -0.2) is 4.79 Å². The number of ketones is 1. The fraction of sp³-hybridized carbons (Fsp3) is 0.889. The summed E-state index contributed by atoms with van der Waals surface area (Å²) in [6, 6.07) is 0. The van der Waals surface area contributed by atoms with Gasteiger partial charge in [-0.15, -0.1) is 0 Å². The van der Waals surface area contributed by atoms with Crippen LogP contribution in [0.15, 0.2) is 12.2 Å². The summed E-state index contributed by atoms with van der Waals surface area (Å²) in [6.07, 6.45) is -5.49. The van der Waals surface area contributed by atoms with Crippen molar-refractivity contribution in [3.8, 4) is 0 Å². The zero-order valence-electron chi connectivity index (χ0n) is 29.4. The quantitative estimate of drug-likeness (QED) is 0.108. The summed E-state index contributed by atoms with van der Waals surface area (Å²) in [4.78, 5) is 26.3. The molecular formula is C36H52O15. The lowest BCUT2D eigenvalue weighted by Crippen LogP contribution is -2.76. The number of carbonyl (C=O) groups is 2. The third-order valence-electron chi connectivity index (χ3n) is 14.6. The molecule has 0 aromatic heterocycles. The van der Waals surface area contributed by atoms with Crippen molar-refractivity contribution in [2.75, 3.05) is 13.7 Å². The van der Waals surface area contributed by atoms with Crippen LogP contribution in [0, 0.1) is 28.6 Å². The largest absolute Gasteiger partial charge is 0.455 e. The number of rotatable bonds is 7. The molecule has 20 unspecified atom stereocenters. The molecule has 4 aliphatic carbocycles. The molecule has 15 heteroatoms. The van der Waals surface area contributed by atoms with Gasteiger partial charge >= 0.3 is 5.97 Å². The molecule has 6 N–H and O–H groups in total. The first-order valence-electron chi connectivity index (χ1n) is 18.5. The van der Waals surface area contributed by atoms with E-state index in [0.717, 1.165) is 0 Å². The third-order valence-corrected chi connectivity index (χ3v) is 14.6. The number of fused-ring (bicyclic) bond motifs is 3. The second kappa shape index (κ2) is 12.5. The summed E-state index contributed by atoms with van der Waals surface area (Å²) in [5.74, 6) is -1.93. The van der Waals surface area contributed by atoms with Crippen molar-refractivity contribution in [1.82, 2.24) is 0 Å². The van der Waals surface area contributed by atoms with Gasteiger partial charge in [-0.2, -0.15) is 0 Å². The molecule has 7 fully saturated rings. The summed E-state index contributed by atoms with van der Waals surface area (Å²) >= 11 is 0. The van der Waals surface area contributed by atoms with Crippen molar-refractivity contribution in [2.24, 2.45) is 28.6 Å². The summed E-state index contributed by atoms with van der Waals surface area (Å²) in [7, 11) is 1.53. The molecule has 0 bridgehead atoms. The van der Waals surface area contributed by atoms with E-state index in [1.807, 2.05) is 0 Å². The van der Waals surface area contributed by atoms with Gasteiger partial charge in [0.05, 0.1) is 36.4 Å². The predicted molar refractivity (Wildman–Crippen MR) is 170 cm³/mol. The van der Waals surface area contributed by atoms with Crippen LogP contribution in [-0.2, 0) is 42.7 Å². The van der Waals surface area contributed by atoms with Gasteiger partial charge in [0.2, 0.25) is 0 Å².